The van der Waals surface area contributed by atoms with Crippen molar-refractivity contribution in [3.05, 3.63) is 107 Å². The van der Waals surface area contributed by atoms with E-state index in [0.29, 0.717) is 23.7 Å². The lowest BCUT2D eigenvalue weighted by Gasteiger charge is -2.38. The van der Waals surface area contributed by atoms with Gasteiger partial charge in [0.15, 0.2) is 16.2 Å². The van der Waals surface area contributed by atoms with E-state index in [1.807, 2.05) is 11.0 Å². The highest BCUT2D eigenvalue weighted by Gasteiger charge is 2.37. The average molecular weight is 886 g/mol. The fraction of sp³-hybridized carbons (Fsp3) is 0.214. The van der Waals surface area contributed by atoms with Crippen LogP contribution in [0.25, 0.3) is 22.5 Å². The van der Waals surface area contributed by atoms with Gasteiger partial charge in [-0.3, -0.25) is 0 Å². The van der Waals surface area contributed by atoms with Gasteiger partial charge in [0.05, 0.1) is 18.9 Å². The van der Waals surface area contributed by atoms with Gasteiger partial charge in [0.2, 0.25) is 23.1 Å². The van der Waals surface area contributed by atoms with E-state index < -0.39 is 24.0 Å². The predicted octanol–water partition coefficient (Wildman–Crippen LogP) is 9.60. The van der Waals surface area contributed by atoms with E-state index in [9.17, 15) is 14.0 Å². The predicted molar refractivity (Wildman–Crippen MR) is 226 cm³/mol. The smallest absolute Gasteiger partial charge is 0.431 e. The van der Waals surface area contributed by atoms with Gasteiger partial charge in [-0.2, -0.15) is 14.9 Å². The van der Waals surface area contributed by atoms with Crippen LogP contribution in [0.4, 0.5) is 41.8 Å². The van der Waals surface area contributed by atoms with Crippen molar-refractivity contribution in [3.63, 3.8) is 0 Å². The molecule has 0 bridgehead atoms. The molecule has 17 nitrogen and oxygen atoms in total. The number of carbonyl (C=O) groups excluding carboxylic acids is 3. The Morgan fingerprint density at radius 2 is 1.31 bits per heavy atom. The Morgan fingerprint density at radius 3 is 1.94 bits per heavy atom. The Bertz CT molecular complexity index is 2780. The van der Waals surface area contributed by atoms with Gasteiger partial charge in [-0.05, 0) is 92.0 Å². The average Bonchev–Trinajstić information content (AvgIpc) is 3.81. The number of imide groups is 1. The van der Waals surface area contributed by atoms with Gasteiger partial charge in [-0.25, -0.2) is 33.6 Å². The number of rotatable bonds is 10. The summed E-state index contributed by atoms with van der Waals surface area (Å²) in [7, 11) is 0. The number of urea groups is 1. The summed E-state index contributed by atoms with van der Waals surface area (Å²) in [6.45, 7) is 6.45. The molecular formula is C42H35Cl2FN8O9. The first-order chi connectivity index (χ1) is 30.0. The van der Waals surface area contributed by atoms with E-state index in [1.54, 1.807) is 56.0 Å². The highest BCUT2D eigenvalue weighted by Crippen LogP contribution is 2.40. The number of ether oxygens (including phenoxy) is 4. The summed E-state index contributed by atoms with van der Waals surface area (Å²) < 4.78 is 48.6. The minimum atomic E-state index is -1.33. The van der Waals surface area contributed by atoms with Crippen LogP contribution in [0.2, 0.25) is 10.4 Å². The summed E-state index contributed by atoms with van der Waals surface area (Å²) in [5.41, 5.74) is 1.72. The van der Waals surface area contributed by atoms with Gasteiger partial charge in [0.1, 0.15) is 22.6 Å². The third kappa shape index (κ3) is 8.68. The summed E-state index contributed by atoms with van der Waals surface area (Å²) in [5, 5.41) is -0.0708. The lowest BCUT2D eigenvalue weighted by atomic mass is 10.2. The van der Waals surface area contributed by atoms with E-state index in [2.05, 4.69) is 15.0 Å². The highest BCUT2D eigenvalue weighted by molar-refractivity contribution is 6.30. The second kappa shape index (κ2) is 17.8. The first-order valence-electron chi connectivity index (χ1n) is 19.2. The maximum absolute atomic E-state index is 15.0. The number of hydrogen-bond acceptors (Lipinski definition) is 14. The summed E-state index contributed by atoms with van der Waals surface area (Å²) in [5.74, 6) is -1.39. The Balaban J connectivity index is 1.20. The first-order valence-corrected chi connectivity index (χ1v) is 19.9. The van der Waals surface area contributed by atoms with Crippen molar-refractivity contribution < 1.29 is 46.6 Å². The number of piperazine rings is 1. The Labute approximate surface area is 362 Å². The molecule has 0 aliphatic carbocycles. The number of furan rings is 2. The van der Waals surface area contributed by atoms with Crippen LogP contribution in [0.3, 0.4) is 0 Å². The van der Waals surface area contributed by atoms with Crippen LogP contribution in [0.1, 0.15) is 19.4 Å². The zero-order valence-electron chi connectivity index (χ0n) is 33.2. The van der Waals surface area contributed by atoms with Crippen LogP contribution in [0.5, 0.6) is 23.3 Å². The number of para-hydroxylation sites is 3. The molecule has 0 N–H and O–H groups in total. The molecule has 1 aliphatic heterocycles. The number of amides is 4. The third-order valence-electron chi connectivity index (χ3n) is 9.30. The molecule has 8 rings (SSSR count). The van der Waals surface area contributed by atoms with Crippen LogP contribution in [-0.2, 0) is 0 Å². The molecule has 5 heterocycles. The molecule has 0 unspecified atom stereocenters. The Kier molecular flexibility index (Phi) is 11.9. The molecule has 20 heteroatoms. The molecule has 7 aromatic rings. The van der Waals surface area contributed by atoms with Crippen LogP contribution in [-0.4, -0.2) is 82.4 Å². The molecule has 4 amide bonds. The topological polar surface area (TPSA) is 179 Å². The highest BCUT2D eigenvalue weighted by atomic mass is 35.5. The lowest BCUT2D eigenvalue weighted by Crippen LogP contribution is -2.52. The monoisotopic (exact) mass is 884 g/mol. The van der Waals surface area contributed by atoms with Crippen molar-refractivity contribution in [2.24, 2.45) is 0 Å². The van der Waals surface area contributed by atoms with Gasteiger partial charge in [0, 0.05) is 44.0 Å². The van der Waals surface area contributed by atoms with Gasteiger partial charge in [-0.15, -0.1) is 0 Å². The van der Waals surface area contributed by atoms with Crippen molar-refractivity contribution in [2.75, 3.05) is 54.1 Å². The molecule has 0 spiro atoms. The van der Waals surface area contributed by atoms with Crippen LogP contribution < -0.4 is 33.6 Å². The third-order valence-corrected chi connectivity index (χ3v) is 9.68. The summed E-state index contributed by atoms with van der Waals surface area (Å²) in [4.78, 5) is 66.9. The standard InChI is InChI=1S/C42H35Cl2FN8O9/c1-4-57-38-34(46-28-22-32(43)61-36(28)48-38)52(40(54)51-17-15-50(16-18-51)26-20-24(3)19-25(45)21-26)30-13-9-10-14-31(30)60-42(56)53(41(55)59-27-11-7-6-8-12-27)35-39(58-5-2)49-37-29(47-35)23-33(44)62-37/h6-14,19-23H,4-5,15-18H2,1-3H3. The SMILES string of the molecule is CCOc1nc2oc(Cl)cc2nc1N(C(=O)Oc1ccccc1)C(=O)Oc1ccccc1N(C(=O)N1CCN(c2cc(C)cc(F)c2)CC1)c1nc2cc(Cl)oc2nc1OCC. The number of fused-ring (bicyclic) bond motifs is 2. The summed E-state index contributed by atoms with van der Waals surface area (Å²) >= 11 is 12.3. The number of hydrogen-bond donors (Lipinski definition) is 0. The van der Waals surface area contributed by atoms with E-state index in [-0.39, 0.29) is 99.8 Å². The normalized spacial score (nSPS) is 12.7. The second-order valence-electron chi connectivity index (χ2n) is 13.5. The van der Waals surface area contributed by atoms with Gasteiger partial charge >= 0.3 is 18.2 Å². The quantitative estimate of drug-likeness (QED) is 0.127. The zero-order valence-corrected chi connectivity index (χ0v) is 34.7. The molecule has 0 saturated carbocycles. The number of benzene rings is 3. The minimum absolute atomic E-state index is 0.0107. The van der Waals surface area contributed by atoms with Crippen LogP contribution in [0, 0.1) is 12.7 Å². The van der Waals surface area contributed by atoms with Gasteiger partial charge in [-0.1, -0.05) is 30.3 Å². The molecule has 1 fully saturated rings. The number of aromatic nitrogens is 4. The van der Waals surface area contributed by atoms with E-state index >= 15 is 4.79 Å². The van der Waals surface area contributed by atoms with Crippen molar-refractivity contribution in [1.29, 1.82) is 0 Å². The molecule has 0 radical (unpaired) electrons. The molecular weight excluding hydrogens is 850 g/mol. The molecule has 1 aliphatic rings. The maximum Gasteiger partial charge on any atom is 0.431 e. The van der Waals surface area contributed by atoms with E-state index in [4.69, 9.17) is 56.0 Å². The Morgan fingerprint density at radius 1 is 0.726 bits per heavy atom. The Hall–Kier alpha value is -7.18. The van der Waals surface area contributed by atoms with Crippen molar-refractivity contribution >= 4 is 86.9 Å². The molecule has 318 valence electrons. The number of aryl methyl sites for hydroxylation is 1. The summed E-state index contributed by atoms with van der Waals surface area (Å²) in [6, 6.07) is 21.0. The zero-order chi connectivity index (χ0) is 43.5. The van der Waals surface area contributed by atoms with E-state index in [0.717, 1.165) is 5.56 Å². The largest absolute Gasteiger partial charge is 0.475 e. The number of nitrogens with zero attached hydrogens (tertiary/aromatic N) is 8. The second-order valence-corrected chi connectivity index (χ2v) is 14.2. The number of halogens is 3. The molecule has 0 atom stereocenters. The molecule has 62 heavy (non-hydrogen) atoms. The van der Waals surface area contributed by atoms with Crippen molar-refractivity contribution in [1.82, 2.24) is 24.8 Å². The lowest BCUT2D eigenvalue weighted by molar-refractivity contribution is 0.189. The molecule has 3 aromatic carbocycles. The molecule has 1 saturated heterocycles. The van der Waals surface area contributed by atoms with Gasteiger partial charge < -0.3 is 37.6 Å². The van der Waals surface area contributed by atoms with Crippen LogP contribution in [0.15, 0.2) is 93.8 Å². The number of carbonyl (C=O) groups is 3. The van der Waals surface area contributed by atoms with Crippen molar-refractivity contribution in [3.8, 4) is 23.3 Å². The van der Waals surface area contributed by atoms with E-state index in [1.165, 1.54) is 53.4 Å². The fourth-order valence-corrected chi connectivity index (χ4v) is 6.98. The summed E-state index contributed by atoms with van der Waals surface area (Å²) in [6.07, 6.45) is -2.57. The maximum atomic E-state index is 15.0. The number of anilines is 4. The minimum Gasteiger partial charge on any atom is -0.475 e. The van der Waals surface area contributed by atoms with Crippen molar-refractivity contribution in [2.45, 2.75) is 20.8 Å². The fourth-order valence-electron chi connectivity index (χ4n) is 6.63. The molecule has 4 aromatic heterocycles. The van der Waals surface area contributed by atoms with Gasteiger partial charge in [0.25, 0.3) is 11.8 Å². The first kappa shape index (κ1) is 41.5. The van der Waals surface area contributed by atoms with Crippen LogP contribution >= 0.6 is 23.2 Å².